The van der Waals surface area contributed by atoms with Crippen LogP contribution in [0.25, 0.3) is 0 Å². The van der Waals surface area contributed by atoms with Crippen LogP contribution in [0.4, 0.5) is 5.13 Å². The third-order valence-corrected chi connectivity index (χ3v) is 5.09. The van der Waals surface area contributed by atoms with E-state index in [4.69, 9.17) is 9.84 Å². The number of carbonyl (C=O) groups is 1. The molecule has 5 nitrogen and oxygen atoms in total. The molecule has 1 aromatic heterocycles. The Morgan fingerprint density at radius 1 is 1.36 bits per heavy atom. The van der Waals surface area contributed by atoms with Crippen LogP contribution in [0.3, 0.4) is 0 Å². The number of methoxy groups -OCH3 is 1. The minimum absolute atomic E-state index is 0.293. The van der Waals surface area contributed by atoms with Crippen LogP contribution < -0.4 is 9.64 Å². The quantitative estimate of drug-likeness (QED) is 0.937. The van der Waals surface area contributed by atoms with Gasteiger partial charge in [0.2, 0.25) is 0 Å². The van der Waals surface area contributed by atoms with Gasteiger partial charge in [-0.3, -0.25) is 0 Å². The maximum absolute atomic E-state index is 10.9. The van der Waals surface area contributed by atoms with E-state index in [0.717, 1.165) is 36.8 Å². The Balaban J connectivity index is 1.68. The van der Waals surface area contributed by atoms with E-state index in [9.17, 15) is 4.79 Å². The van der Waals surface area contributed by atoms with Gasteiger partial charge in [0, 0.05) is 13.1 Å². The first-order valence-corrected chi connectivity index (χ1v) is 8.07. The first kappa shape index (κ1) is 14.8. The van der Waals surface area contributed by atoms with Gasteiger partial charge in [-0.25, -0.2) is 9.78 Å². The predicted molar refractivity (Wildman–Crippen MR) is 86.3 cm³/mol. The fraction of sp³-hybridized carbons (Fsp3) is 0.375. The number of benzene rings is 1. The van der Waals surface area contributed by atoms with Gasteiger partial charge in [-0.05, 0) is 30.4 Å². The largest absolute Gasteiger partial charge is 0.496 e. The predicted octanol–water partition coefficient (Wildman–Crippen LogP) is 3.23. The number of piperidine rings is 1. The summed E-state index contributed by atoms with van der Waals surface area (Å²) < 4.78 is 5.45. The van der Waals surface area contributed by atoms with E-state index in [1.165, 1.54) is 23.1 Å². The molecule has 0 amide bonds. The van der Waals surface area contributed by atoms with Crippen molar-refractivity contribution in [3.8, 4) is 5.75 Å². The summed E-state index contributed by atoms with van der Waals surface area (Å²) >= 11 is 1.24. The number of hydrogen-bond donors (Lipinski definition) is 1. The van der Waals surface area contributed by atoms with Crippen LogP contribution in [0.15, 0.2) is 30.5 Å². The maximum Gasteiger partial charge on any atom is 0.347 e. The Bertz CT molecular complexity index is 663. The Morgan fingerprint density at radius 3 is 2.73 bits per heavy atom. The summed E-state index contributed by atoms with van der Waals surface area (Å²) in [6.45, 7) is 1.77. The second-order valence-electron chi connectivity index (χ2n) is 5.32. The molecule has 2 heterocycles. The van der Waals surface area contributed by atoms with E-state index >= 15 is 0 Å². The lowest BCUT2D eigenvalue weighted by molar-refractivity contribution is 0.0702. The zero-order valence-electron chi connectivity index (χ0n) is 12.4. The molecule has 0 saturated carbocycles. The summed E-state index contributed by atoms with van der Waals surface area (Å²) in [5.74, 6) is 0.516. The molecular formula is C16H18N2O3S. The third-order valence-electron chi connectivity index (χ3n) is 4.05. The number of hydrogen-bond acceptors (Lipinski definition) is 5. The van der Waals surface area contributed by atoms with Crippen molar-refractivity contribution in [2.45, 2.75) is 18.8 Å². The van der Waals surface area contributed by atoms with Gasteiger partial charge in [-0.1, -0.05) is 29.5 Å². The Labute approximate surface area is 133 Å². The molecule has 1 saturated heterocycles. The van der Waals surface area contributed by atoms with E-state index in [1.54, 1.807) is 7.11 Å². The number of nitrogens with zero attached hydrogens (tertiary/aromatic N) is 2. The van der Waals surface area contributed by atoms with Gasteiger partial charge in [0.25, 0.3) is 0 Å². The van der Waals surface area contributed by atoms with Gasteiger partial charge in [0.05, 0.1) is 13.3 Å². The molecule has 1 N–H and O–H groups in total. The van der Waals surface area contributed by atoms with E-state index in [-0.39, 0.29) is 0 Å². The van der Waals surface area contributed by atoms with E-state index in [0.29, 0.717) is 10.8 Å². The summed E-state index contributed by atoms with van der Waals surface area (Å²) in [6, 6.07) is 8.16. The molecule has 0 bridgehead atoms. The molecular weight excluding hydrogens is 300 g/mol. The van der Waals surface area contributed by atoms with Crippen molar-refractivity contribution in [1.82, 2.24) is 4.98 Å². The molecule has 0 spiro atoms. The Morgan fingerprint density at radius 2 is 2.09 bits per heavy atom. The maximum atomic E-state index is 10.9. The fourth-order valence-corrected chi connectivity index (χ4v) is 3.70. The highest BCUT2D eigenvalue weighted by Gasteiger charge is 2.24. The second-order valence-corrected chi connectivity index (χ2v) is 6.32. The first-order chi connectivity index (χ1) is 10.7. The van der Waals surface area contributed by atoms with Crippen LogP contribution in [0.1, 0.15) is 34.0 Å². The number of rotatable bonds is 4. The van der Waals surface area contributed by atoms with Crippen molar-refractivity contribution in [1.29, 1.82) is 0 Å². The van der Waals surface area contributed by atoms with Gasteiger partial charge in [0.1, 0.15) is 10.6 Å². The summed E-state index contributed by atoms with van der Waals surface area (Å²) in [5.41, 5.74) is 1.26. The third kappa shape index (κ3) is 2.92. The van der Waals surface area contributed by atoms with Crippen molar-refractivity contribution in [2.75, 3.05) is 25.1 Å². The van der Waals surface area contributed by atoms with Gasteiger partial charge in [0.15, 0.2) is 5.13 Å². The van der Waals surface area contributed by atoms with Crippen LogP contribution in [0, 0.1) is 0 Å². The monoisotopic (exact) mass is 318 g/mol. The fourth-order valence-electron chi connectivity index (χ4n) is 2.90. The summed E-state index contributed by atoms with van der Waals surface area (Å²) in [7, 11) is 1.71. The molecule has 2 aromatic rings. The minimum Gasteiger partial charge on any atom is -0.496 e. The molecule has 0 unspecified atom stereocenters. The molecule has 1 aliphatic heterocycles. The van der Waals surface area contributed by atoms with E-state index in [1.807, 2.05) is 18.2 Å². The number of thiazole rings is 1. The number of ether oxygens (including phenoxy) is 1. The zero-order chi connectivity index (χ0) is 15.5. The van der Waals surface area contributed by atoms with E-state index < -0.39 is 5.97 Å². The van der Waals surface area contributed by atoms with Crippen molar-refractivity contribution in [3.05, 3.63) is 40.9 Å². The molecule has 116 valence electrons. The lowest BCUT2D eigenvalue weighted by Crippen LogP contribution is -2.32. The van der Waals surface area contributed by atoms with E-state index in [2.05, 4.69) is 16.0 Å². The van der Waals surface area contributed by atoms with Gasteiger partial charge in [-0.2, -0.15) is 0 Å². The van der Waals surface area contributed by atoms with Crippen molar-refractivity contribution in [2.24, 2.45) is 0 Å². The summed E-state index contributed by atoms with van der Waals surface area (Å²) in [6.07, 6.45) is 3.47. The molecule has 1 aromatic carbocycles. The number of anilines is 1. The van der Waals surface area contributed by atoms with Crippen LogP contribution in [-0.2, 0) is 0 Å². The number of para-hydroxylation sites is 1. The van der Waals surface area contributed by atoms with Crippen molar-refractivity contribution in [3.63, 3.8) is 0 Å². The highest BCUT2D eigenvalue weighted by molar-refractivity contribution is 7.17. The SMILES string of the molecule is COc1ccccc1C1CCN(c2ncc(C(=O)O)s2)CC1. The number of aromatic carboxylic acids is 1. The highest BCUT2D eigenvalue weighted by atomic mass is 32.1. The molecule has 22 heavy (non-hydrogen) atoms. The van der Waals surface area contributed by atoms with Crippen molar-refractivity contribution >= 4 is 22.4 Å². The molecule has 1 aliphatic rings. The molecule has 3 rings (SSSR count). The lowest BCUT2D eigenvalue weighted by atomic mass is 9.89. The summed E-state index contributed by atoms with van der Waals surface area (Å²) in [4.78, 5) is 17.6. The summed E-state index contributed by atoms with van der Waals surface area (Å²) in [5, 5.41) is 9.78. The Kier molecular flexibility index (Phi) is 4.29. The average Bonchev–Trinajstić information content (AvgIpc) is 3.05. The Hall–Kier alpha value is -2.08. The molecule has 0 radical (unpaired) electrons. The van der Waals surface area contributed by atoms with Gasteiger partial charge < -0.3 is 14.7 Å². The molecule has 0 aliphatic carbocycles. The number of aromatic nitrogens is 1. The van der Waals surface area contributed by atoms with Crippen LogP contribution in [0.5, 0.6) is 5.75 Å². The van der Waals surface area contributed by atoms with Crippen LogP contribution in [0.2, 0.25) is 0 Å². The molecule has 1 fully saturated rings. The smallest absolute Gasteiger partial charge is 0.347 e. The topological polar surface area (TPSA) is 62.7 Å². The molecule has 6 heteroatoms. The van der Waals surface area contributed by atoms with Crippen LogP contribution >= 0.6 is 11.3 Å². The zero-order valence-corrected chi connectivity index (χ0v) is 13.2. The number of carboxylic acid groups (broad SMARTS) is 1. The lowest BCUT2D eigenvalue weighted by Gasteiger charge is -2.32. The van der Waals surface area contributed by atoms with Crippen molar-refractivity contribution < 1.29 is 14.6 Å². The van der Waals surface area contributed by atoms with Gasteiger partial charge in [-0.15, -0.1) is 0 Å². The molecule has 0 atom stereocenters. The van der Waals surface area contributed by atoms with Crippen LogP contribution in [-0.4, -0.2) is 36.3 Å². The number of carboxylic acids is 1. The second kappa shape index (κ2) is 6.36. The minimum atomic E-state index is -0.910. The highest BCUT2D eigenvalue weighted by Crippen LogP contribution is 2.36. The average molecular weight is 318 g/mol. The normalized spacial score (nSPS) is 15.8. The standard InChI is InChI=1S/C16H18N2O3S/c1-21-13-5-3-2-4-12(13)11-6-8-18(9-7-11)16-17-10-14(22-16)15(19)20/h2-5,10-11H,6-9H2,1H3,(H,19,20). The van der Waals surface area contributed by atoms with Gasteiger partial charge >= 0.3 is 5.97 Å². The first-order valence-electron chi connectivity index (χ1n) is 7.26.